The average Bonchev–Trinajstić information content (AvgIpc) is 2.88. The van der Waals surface area contributed by atoms with Crippen molar-refractivity contribution >= 4 is 27.5 Å². The highest BCUT2D eigenvalue weighted by Gasteiger charge is 2.24. The van der Waals surface area contributed by atoms with Crippen LogP contribution < -0.4 is 5.56 Å². The smallest absolute Gasteiger partial charge is 0.327 e. The molecule has 1 aliphatic carbocycles. The van der Waals surface area contributed by atoms with Crippen LogP contribution in [-0.4, -0.2) is 27.6 Å². The number of ether oxygens (including phenoxy) is 1. The predicted octanol–water partition coefficient (Wildman–Crippen LogP) is 2.32. The molecule has 0 N–H and O–H groups in total. The normalized spacial score (nSPS) is 17.2. The molecule has 1 atom stereocenters. The fourth-order valence-electron chi connectivity index (χ4n) is 2.89. The third kappa shape index (κ3) is 3.29. The highest BCUT2D eigenvalue weighted by atomic mass is 32.1. The number of fused-ring (bicyclic) bond motifs is 3. The number of carbonyl (C=O) groups is 1. The summed E-state index contributed by atoms with van der Waals surface area (Å²) in [4.78, 5) is 26.4. The van der Waals surface area contributed by atoms with E-state index < -0.39 is 5.97 Å². The molecule has 0 fully saturated rings. The molecular formula is C16H21N3O3S. The van der Waals surface area contributed by atoms with E-state index in [1.165, 1.54) is 4.88 Å². The van der Waals surface area contributed by atoms with Crippen molar-refractivity contribution in [3.8, 4) is 0 Å². The third-order valence-electron chi connectivity index (χ3n) is 4.22. The second-order valence-corrected chi connectivity index (χ2v) is 7.24. The molecule has 0 aromatic carbocycles. The van der Waals surface area contributed by atoms with E-state index in [0.29, 0.717) is 22.7 Å². The van der Waals surface area contributed by atoms with E-state index in [1.807, 2.05) is 6.92 Å². The van der Waals surface area contributed by atoms with Gasteiger partial charge in [-0.15, -0.1) is 16.4 Å². The maximum Gasteiger partial charge on any atom is 0.327 e. The summed E-state index contributed by atoms with van der Waals surface area (Å²) >= 11 is 1.56. The molecule has 0 saturated carbocycles. The van der Waals surface area contributed by atoms with Gasteiger partial charge in [0.2, 0.25) is 0 Å². The van der Waals surface area contributed by atoms with Crippen LogP contribution in [0.4, 0.5) is 0 Å². The molecule has 0 spiro atoms. The van der Waals surface area contributed by atoms with Gasteiger partial charge >= 0.3 is 5.97 Å². The highest BCUT2D eigenvalue weighted by Crippen LogP contribution is 2.35. The van der Waals surface area contributed by atoms with E-state index in [4.69, 9.17) is 4.74 Å². The van der Waals surface area contributed by atoms with E-state index in [-0.39, 0.29) is 12.1 Å². The molecule has 0 saturated heterocycles. The molecule has 2 heterocycles. The summed E-state index contributed by atoms with van der Waals surface area (Å²) in [5.74, 6) is 0.200. The van der Waals surface area contributed by atoms with E-state index in [1.54, 1.807) is 11.3 Å². The van der Waals surface area contributed by atoms with Crippen molar-refractivity contribution < 1.29 is 9.53 Å². The number of esters is 1. The first-order valence-electron chi connectivity index (χ1n) is 8.13. The minimum absolute atomic E-state index is 0.174. The lowest BCUT2D eigenvalue weighted by molar-refractivity contribution is -0.144. The summed E-state index contributed by atoms with van der Waals surface area (Å²) in [6, 6.07) is 0. The summed E-state index contributed by atoms with van der Waals surface area (Å²) < 4.78 is 6.22. The number of aromatic nitrogens is 3. The van der Waals surface area contributed by atoms with Crippen LogP contribution in [0.5, 0.6) is 0 Å². The number of nitrogens with zero attached hydrogens (tertiary/aromatic N) is 3. The van der Waals surface area contributed by atoms with Crippen molar-refractivity contribution in [1.29, 1.82) is 0 Å². The number of hydrogen-bond acceptors (Lipinski definition) is 6. The van der Waals surface area contributed by atoms with Crippen LogP contribution in [0.1, 0.15) is 43.6 Å². The first-order chi connectivity index (χ1) is 11.1. The standard InChI is InChI=1S/C16H21N3O3S/c1-3-4-7-22-13(20)9-19-16(21)14-11-6-5-10(2)8-12(11)23-15(14)17-18-19/h10H,3-9H2,1-2H3/t10-/m0/s1. The Kier molecular flexibility index (Phi) is 4.75. The number of unbranched alkanes of at least 4 members (excludes halogenated alkanes) is 1. The first-order valence-corrected chi connectivity index (χ1v) is 8.95. The van der Waals surface area contributed by atoms with Crippen LogP contribution in [0, 0.1) is 5.92 Å². The van der Waals surface area contributed by atoms with Crippen LogP contribution in [0.3, 0.4) is 0 Å². The molecule has 2 aromatic heterocycles. The molecular weight excluding hydrogens is 314 g/mol. The van der Waals surface area contributed by atoms with Crippen molar-refractivity contribution in [2.24, 2.45) is 5.92 Å². The molecule has 1 aliphatic rings. The zero-order chi connectivity index (χ0) is 16.4. The minimum Gasteiger partial charge on any atom is -0.464 e. The fraction of sp³-hybridized carbons (Fsp3) is 0.625. The Hall–Kier alpha value is -1.76. The summed E-state index contributed by atoms with van der Waals surface area (Å²) in [7, 11) is 0. The van der Waals surface area contributed by atoms with Gasteiger partial charge in [-0.2, -0.15) is 4.68 Å². The second kappa shape index (κ2) is 6.78. The SMILES string of the molecule is CCCCOC(=O)Cn1nnc2sc3c(c2c1=O)CC[C@H](C)C3. The van der Waals surface area contributed by atoms with Gasteiger partial charge in [-0.1, -0.05) is 25.5 Å². The largest absolute Gasteiger partial charge is 0.464 e. The Bertz CT molecular complexity index is 781. The lowest BCUT2D eigenvalue weighted by atomic mass is 9.89. The molecule has 6 nitrogen and oxygen atoms in total. The molecule has 23 heavy (non-hydrogen) atoms. The molecule has 0 radical (unpaired) electrons. The molecule has 3 rings (SSSR count). The fourth-order valence-corrected chi connectivity index (χ4v) is 4.21. The summed E-state index contributed by atoms with van der Waals surface area (Å²) in [5, 5.41) is 8.69. The lowest BCUT2D eigenvalue weighted by Crippen LogP contribution is -2.29. The van der Waals surface area contributed by atoms with Gasteiger partial charge in [-0.25, -0.2) is 0 Å². The Balaban J connectivity index is 1.87. The average molecular weight is 335 g/mol. The summed E-state index contributed by atoms with van der Waals surface area (Å²) in [6.45, 7) is 4.46. The van der Waals surface area contributed by atoms with Crippen molar-refractivity contribution in [1.82, 2.24) is 15.0 Å². The zero-order valence-electron chi connectivity index (χ0n) is 13.5. The van der Waals surface area contributed by atoms with Crippen molar-refractivity contribution in [2.75, 3.05) is 6.61 Å². The van der Waals surface area contributed by atoms with Crippen LogP contribution in [0.15, 0.2) is 4.79 Å². The van der Waals surface area contributed by atoms with Crippen LogP contribution >= 0.6 is 11.3 Å². The summed E-state index contributed by atoms with van der Waals surface area (Å²) in [5.41, 5.74) is 0.880. The zero-order valence-corrected chi connectivity index (χ0v) is 14.3. The van der Waals surface area contributed by atoms with Crippen molar-refractivity contribution in [3.05, 3.63) is 20.8 Å². The number of hydrogen-bond donors (Lipinski definition) is 0. The Morgan fingerprint density at radius 1 is 1.48 bits per heavy atom. The van der Waals surface area contributed by atoms with Crippen LogP contribution in [-0.2, 0) is 28.9 Å². The van der Waals surface area contributed by atoms with Crippen LogP contribution in [0.2, 0.25) is 0 Å². The van der Waals surface area contributed by atoms with Gasteiger partial charge in [0.25, 0.3) is 5.56 Å². The number of carbonyl (C=O) groups excluding carboxylic acids is 1. The Morgan fingerprint density at radius 3 is 3.09 bits per heavy atom. The Labute approximate surface area is 138 Å². The van der Waals surface area contributed by atoms with Gasteiger partial charge in [0.1, 0.15) is 6.54 Å². The first kappa shape index (κ1) is 16.1. The van der Waals surface area contributed by atoms with Crippen molar-refractivity contribution in [3.63, 3.8) is 0 Å². The van der Waals surface area contributed by atoms with Gasteiger partial charge in [0.05, 0.1) is 12.0 Å². The molecule has 2 aromatic rings. The van der Waals surface area contributed by atoms with Gasteiger partial charge in [0, 0.05) is 4.88 Å². The number of aryl methyl sites for hydroxylation is 1. The van der Waals surface area contributed by atoms with E-state index in [9.17, 15) is 9.59 Å². The quantitative estimate of drug-likeness (QED) is 0.619. The topological polar surface area (TPSA) is 74.1 Å². The Morgan fingerprint density at radius 2 is 2.30 bits per heavy atom. The lowest BCUT2D eigenvalue weighted by Gasteiger charge is -2.17. The van der Waals surface area contributed by atoms with E-state index >= 15 is 0 Å². The molecule has 0 amide bonds. The molecule has 7 heteroatoms. The summed E-state index contributed by atoms with van der Waals surface area (Å²) in [6.07, 6.45) is 4.76. The van der Waals surface area contributed by atoms with Gasteiger partial charge in [0.15, 0.2) is 4.83 Å². The minimum atomic E-state index is -0.438. The molecule has 0 bridgehead atoms. The van der Waals surface area contributed by atoms with Crippen LogP contribution in [0.25, 0.3) is 10.2 Å². The highest BCUT2D eigenvalue weighted by molar-refractivity contribution is 7.18. The van der Waals surface area contributed by atoms with Gasteiger partial charge in [-0.05, 0) is 37.2 Å². The predicted molar refractivity (Wildman–Crippen MR) is 88.7 cm³/mol. The maximum absolute atomic E-state index is 12.7. The van der Waals surface area contributed by atoms with Gasteiger partial charge in [-0.3, -0.25) is 9.59 Å². The van der Waals surface area contributed by atoms with Crippen molar-refractivity contribution in [2.45, 2.75) is 52.5 Å². The number of thiophene rings is 1. The van der Waals surface area contributed by atoms with E-state index in [0.717, 1.165) is 42.3 Å². The monoisotopic (exact) mass is 335 g/mol. The van der Waals surface area contributed by atoms with Gasteiger partial charge < -0.3 is 4.74 Å². The molecule has 0 aliphatic heterocycles. The second-order valence-electron chi connectivity index (χ2n) is 6.16. The third-order valence-corrected chi connectivity index (χ3v) is 5.36. The molecule has 0 unspecified atom stereocenters. The number of rotatable bonds is 5. The van der Waals surface area contributed by atoms with E-state index in [2.05, 4.69) is 17.2 Å². The maximum atomic E-state index is 12.7. The molecule has 124 valence electrons.